The fourth-order valence-corrected chi connectivity index (χ4v) is 2.43. The predicted octanol–water partition coefficient (Wildman–Crippen LogP) is 3.95. The van der Waals surface area contributed by atoms with Gasteiger partial charge in [0.15, 0.2) is 0 Å². The number of aromatic hydroxyl groups is 1. The largest absolute Gasteiger partial charge is 0.508 e. The third-order valence-corrected chi connectivity index (χ3v) is 3.45. The monoisotopic (exact) mass is 291 g/mol. The summed E-state index contributed by atoms with van der Waals surface area (Å²) >= 11 is 0. The molecule has 0 amide bonds. The molecular weight excluding hydrogens is 272 g/mol. The summed E-state index contributed by atoms with van der Waals surface area (Å²) in [5.41, 5.74) is 1.69. The molecule has 0 heterocycles. The Morgan fingerprint density at radius 2 is 1.62 bits per heavy atom. The number of benzene rings is 2. The maximum atomic E-state index is 13.0. The third-order valence-electron chi connectivity index (χ3n) is 3.45. The van der Waals surface area contributed by atoms with Gasteiger partial charge in [-0.25, -0.2) is 8.78 Å². The van der Waals surface area contributed by atoms with E-state index in [0.717, 1.165) is 18.1 Å². The van der Waals surface area contributed by atoms with Gasteiger partial charge in [-0.15, -0.1) is 0 Å². The van der Waals surface area contributed by atoms with Gasteiger partial charge in [-0.1, -0.05) is 18.2 Å². The van der Waals surface area contributed by atoms with Crippen molar-refractivity contribution < 1.29 is 13.9 Å². The van der Waals surface area contributed by atoms with E-state index in [1.807, 2.05) is 13.8 Å². The lowest BCUT2D eigenvalue weighted by atomic mass is 10.0. The van der Waals surface area contributed by atoms with Crippen LogP contribution in [0.4, 0.5) is 8.78 Å². The highest BCUT2D eigenvalue weighted by atomic mass is 19.1. The van der Waals surface area contributed by atoms with E-state index in [2.05, 4.69) is 5.32 Å². The average molecular weight is 291 g/mol. The molecule has 2 nitrogen and oxygen atoms in total. The molecule has 2 unspecified atom stereocenters. The number of hydrogen-bond acceptors (Lipinski definition) is 2. The minimum atomic E-state index is -0.456. The van der Waals surface area contributed by atoms with Crippen molar-refractivity contribution in [1.82, 2.24) is 5.32 Å². The van der Waals surface area contributed by atoms with Crippen molar-refractivity contribution in [3.05, 3.63) is 65.2 Å². The van der Waals surface area contributed by atoms with Crippen LogP contribution >= 0.6 is 0 Å². The molecule has 0 saturated carbocycles. The smallest absolute Gasteiger partial charge is 0.126 e. The molecule has 0 aliphatic heterocycles. The Balaban J connectivity index is 1.98. The lowest BCUT2D eigenvalue weighted by Crippen LogP contribution is -2.30. The summed E-state index contributed by atoms with van der Waals surface area (Å²) in [6.45, 7) is 3.93. The van der Waals surface area contributed by atoms with E-state index in [9.17, 15) is 13.9 Å². The molecule has 0 spiro atoms. The molecule has 112 valence electrons. The topological polar surface area (TPSA) is 32.3 Å². The molecule has 2 atom stereocenters. The highest BCUT2D eigenvalue weighted by Gasteiger charge is 2.14. The van der Waals surface area contributed by atoms with Gasteiger partial charge in [0, 0.05) is 23.7 Å². The molecule has 0 bridgehead atoms. The van der Waals surface area contributed by atoms with E-state index in [0.29, 0.717) is 5.56 Å². The minimum absolute atomic E-state index is 0.0519. The summed E-state index contributed by atoms with van der Waals surface area (Å²) in [6, 6.07) is 10.4. The molecule has 2 aromatic carbocycles. The van der Waals surface area contributed by atoms with E-state index in [1.54, 1.807) is 18.2 Å². The van der Waals surface area contributed by atoms with Crippen molar-refractivity contribution in [3.63, 3.8) is 0 Å². The van der Waals surface area contributed by atoms with Crippen LogP contribution in [0.1, 0.15) is 31.0 Å². The summed E-state index contributed by atoms with van der Waals surface area (Å²) in [5.74, 6) is -0.754. The first-order valence-electron chi connectivity index (χ1n) is 6.94. The van der Waals surface area contributed by atoms with E-state index >= 15 is 0 Å². The highest BCUT2D eigenvalue weighted by molar-refractivity contribution is 5.35. The van der Waals surface area contributed by atoms with Gasteiger partial charge < -0.3 is 10.4 Å². The van der Waals surface area contributed by atoms with Gasteiger partial charge in [0.2, 0.25) is 0 Å². The zero-order valence-corrected chi connectivity index (χ0v) is 12.1. The molecule has 2 rings (SSSR count). The molecule has 21 heavy (non-hydrogen) atoms. The number of nitrogens with one attached hydrogen (secondary N) is 1. The molecule has 0 fully saturated rings. The lowest BCUT2D eigenvalue weighted by molar-refractivity contribution is 0.429. The molecule has 2 aromatic rings. The summed E-state index contributed by atoms with van der Waals surface area (Å²) in [7, 11) is 0. The number of hydrogen-bond donors (Lipinski definition) is 2. The van der Waals surface area contributed by atoms with Crippen LogP contribution in [0.3, 0.4) is 0 Å². The van der Waals surface area contributed by atoms with Gasteiger partial charge in [0.1, 0.15) is 17.4 Å². The van der Waals surface area contributed by atoms with E-state index in [1.165, 1.54) is 18.2 Å². The van der Waals surface area contributed by atoms with E-state index < -0.39 is 5.82 Å². The molecule has 0 radical (unpaired) electrons. The maximum Gasteiger partial charge on any atom is 0.126 e. The SMILES string of the molecule is CC(Cc1ccc(F)cc1)NC(C)c1ccc(F)cc1O. The van der Waals surface area contributed by atoms with Crippen molar-refractivity contribution in [2.24, 2.45) is 0 Å². The molecule has 0 saturated heterocycles. The predicted molar refractivity (Wildman–Crippen MR) is 79.2 cm³/mol. The van der Waals surface area contributed by atoms with Gasteiger partial charge in [-0.2, -0.15) is 0 Å². The van der Waals surface area contributed by atoms with Crippen LogP contribution in [-0.2, 0) is 6.42 Å². The summed E-state index contributed by atoms with van der Waals surface area (Å²) in [6.07, 6.45) is 0.743. The summed E-state index contributed by atoms with van der Waals surface area (Å²) in [4.78, 5) is 0. The molecule has 2 N–H and O–H groups in total. The molecule has 0 aromatic heterocycles. The van der Waals surface area contributed by atoms with Crippen LogP contribution in [-0.4, -0.2) is 11.1 Å². The number of halogens is 2. The molecular formula is C17H19F2NO. The Morgan fingerprint density at radius 3 is 2.24 bits per heavy atom. The standard InChI is InChI=1S/C17H19F2NO/c1-11(9-13-3-5-14(18)6-4-13)20-12(2)16-8-7-15(19)10-17(16)21/h3-8,10-12,20-21H,9H2,1-2H3. The van der Waals surface area contributed by atoms with Gasteiger partial charge in [-0.3, -0.25) is 0 Å². The molecule has 0 aliphatic rings. The van der Waals surface area contributed by atoms with Crippen molar-refractivity contribution in [1.29, 1.82) is 0 Å². The first-order chi connectivity index (χ1) is 9.95. The van der Waals surface area contributed by atoms with E-state index in [-0.39, 0.29) is 23.7 Å². The van der Waals surface area contributed by atoms with Gasteiger partial charge >= 0.3 is 0 Å². The second-order valence-electron chi connectivity index (χ2n) is 5.32. The molecule has 4 heteroatoms. The van der Waals surface area contributed by atoms with Crippen molar-refractivity contribution in [2.75, 3.05) is 0 Å². The van der Waals surface area contributed by atoms with Gasteiger partial charge in [0.05, 0.1) is 0 Å². The maximum absolute atomic E-state index is 13.0. The highest BCUT2D eigenvalue weighted by Crippen LogP contribution is 2.25. The van der Waals surface area contributed by atoms with Crippen molar-refractivity contribution >= 4 is 0 Å². The van der Waals surface area contributed by atoms with E-state index in [4.69, 9.17) is 0 Å². The van der Waals surface area contributed by atoms with Crippen LogP contribution in [0.5, 0.6) is 5.75 Å². The molecule has 0 aliphatic carbocycles. The van der Waals surface area contributed by atoms with Gasteiger partial charge in [-0.05, 0) is 44.0 Å². The zero-order chi connectivity index (χ0) is 15.4. The average Bonchev–Trinajstić information content (AvgIpc) is 2.41. The Hall–Kier alpha value is -1.94. The first kappa shape index (κ1) is 15.4. The van der Waals surface area contributed by atoms with Crippen LogP contribution in [0.15, 0.2) is 42.5 Å². The van der Waals surface area contributed by atoms with Crippen molar-refractivity contribution in [3.8, 4) is 5.75 Å². The second kappa shape index (κ2) is 6.68. The zero-order valence-electron chi connectivity index (χ0n) is 12.1. The van der Waals surface area contributed by atoms with Crippen molar-refractivity contribution in [2.45, 2.75) is 32.4 Å². The Kier molecular flexibility index (Phi) is 4.91. The normalized spacial score (nSPS) is 13.9. The van der Waals surface area contributed by atoms with Crippen LogP contribution in [0.25, 0.3) is 0 Å². The number of phenols is 1. The fourth-order valence-electron chi connectivity index (χ4n) is 2.43. The quantitative estimate of drug-likeness (QED) is 0.874. The van der Waals surface area contributed by atoms with Crippen LogP contribution in [0.2, 0.25) is 0 Å². The number of phenolic OH excluding ortho intramolecular Hbond substituents is 1. The third kappa shape index (κ3) is 4.26. The second-order valence-corrected chi connectivity index (χ2v) is 5.32. The number of rotatable bonds is 5. The fraction of sp³-hybridized carbons (Fsp3) is 0.294. The van der Waals surface area contributed by atoms with Crippen LogP contribution in [0, 0.1) is 11.6 Å². The first-order valence-corrected chi connectivity index (χ1v) is 6.94. The minimum Gasteiger partial charge on any atom is -0.508 e. The summed E-state index contributed by atoms with van der Waals surface area (Å²) in [5, 5.41) is 13.1. The Labute approximate surface area is 123 Å². The van der Waals surface area contributed by atoms with Crippen LogP contribution < -0.4 is 5.32 Å². The van der Waals surface area contributed by atoms with Gasteiger partial charge in [0.25, 0.3) is 0 Å². The Bertz CT molecular complexity index is 598. The summed E-state index contributed by atoms with van der Waals surface area (Å²) < 4.78 is 25.8. The Morgan fingerprint density at radius 1 is 1.00 bits per heavy atom. The lowest BCUT2D eigenvalue weighted by Gasteiger charge is -2.21.